The van der Waals surface area contributed by atoms with Crippen LogP contribution in [0.1, 0.15) is 44.5 Å². The second-order valence-electron chi connectivity index (χ2n) is 7.43. The highest BCUT2D eigenvalue weighted by molar-refractivity contribution is 14.1. The Bertz CT molecular complexity index is 1290. The highest BCUT2D eigenvalue weighted by Gasteiger charge is 2.19. The summed E-state index contributed by atoms with van der Waals surface area (Å²) >= 11 is 5.45. The van der Waals surface area contributed by atoms with Crippen LogP contribution in [0.3, 0.4) is 0 Å². The van der Waals surface area contributed by atoms with E-state index in [0.717, 1.165) is 10.9 Å². The molecular weight excluding hydrogens is 605 g/mol. The molecule has 2 atom stereocenters. The van der Waals surface area contributed by atoms with Crippen LogP contribution in [0.2, 0.25) is 0 Å². The number of nitrogens with zero attached hydrogens (tertiary/aromatic N) is 3. The van der Waals surface area contributed by atoms with Gasteiger partial charge in [0.25, 0.3) is 5.56 Å². The molecule has 8 nitrogen and oxygen atoms in total. The molecule has 0 bridgehead atoms. The molecule has 0 fully saturated rings. The van der Waals surface area contributed by atoms with Crippen LogP contribution in [0.5, 0.6) is 11.5 Å². The van der Waals surface area contributed by atoms with Crippen molar-refractivity contribution < 1.29 is 19.4 Å². The van der Waals surface area contributed by atoms with Gasteiger partial charge in [0.05, 0.1) is 27.8 Å². The molecule has 10 heteroatoms. The highest BCUT2D eigenvalue weighted by atomic mass is 127. The van der Waals surface area contributed by atoms with E-state index >= 15 is 0 Å². The smallest absolute Gasteiger partial charge is 0.344 e. The fourth-order valence-electron chi connectivity index (χ4n) is 3.06. The number of carboxylic acid groups (broad SMARTS) is 1. The molecule has 0 saturated heterocycles. The maximum Gasteiger partial charge on any atom is 0.344 e. The summed E-state index contributed by atoms with van der Waals surface area (Å²) in [6.07, 6.45) is 1.31. The van der Waals surface area contributed by atoms with Crippen molar-refractivity contribution in [2.45, 2.75) is 39.2 Å². The molecule has 0 radical (unpaired) electrons. The van der Waals surface area contributed by atoms with Crippen LogP contribution >= 0.6 is 38.5 Å². The number of aromatic nitrogens is 2. The third-order valence-corrected chi connectivity index (χ3v) is 6.40. The maximum atomic E-state index is 13.3. The first-order valence-corrected chi connectivity index (χ1v) is 12.1. The van der Waals surface area contributed by atoms with Gasteiger partial charge in [-0.25, -0.2) is 9.78 Å². The summed E-state index contributed by atoms with van der Waals surface area (Å²) < 4.78 is 13.7. The fraction of sp³-hybridized carbons (Fsp3) is 0.304. The third kappa shape index (κ3) is 5.55. The zero-order chi connectivity index (χ0) is 24.3. The van der Waals surface area contributed by atoms with Gasteiger partial charge in [-0.2, -0.15) is 9.78 Å². The molecule has 1 N–H and O–H groups in total. The van der Waals surface area contributed by atoms with Gasteiger partial charge in [-0.05, 0) is 71.8 Å². The van der Waals surface area contributed by atoms with E-state index in [1.165, 1.54) is 18.7 Å². The summed E-state index contributed by atoms with van der Waals surface area (Å²) in [6.45, 7) is 5.47. The lowest BCUT2D eigenvalue weighted by Gasteiger charge is -2.16. The topological polar surface area (TPSA) is 103 Å². The van der Waals surface area contributed by atoms with E-state index in [9.17, 15) is 9.59 Å². The van der Waals surface area contributed by atoms with Crippen LogP contribution in [-0.4, -0.2) is 40.2 Å². The van der Waals surface area contributed by atoms with Crippen LogP contribution < -0.4 is 15.0 Å². The van der Waals surface area contributed by atoms with Gasteiger partial charge < -0.3 is 14.6 Å². The van der Waals surface area contributed by atoms with E-state index in [0.29, 0.717) is 37.4 Å². The van der Waals surface area contributed by atoms with Gasteiger partial charge in [0, 0.05) is 10.4 Å². The number of carboxylic acids is 1. The van der Waals surface area contributed by atoms with Crippen molar-refractivity contribution in [3.05, 3.63) is 60.1 Å². The number of benzene rings is 2. The number of halogens is 2. The SMILES string of the molecule is CC[C@H](C)c1nc2ccc(Br)cc2c(=O)n1N=Cc1cc(I)c(O[C@H](C)C(=O)O)c(OC)c1. The number of aliphatic carboxylic acids is 1. The molecule has 0 aliphatic rings. The van der Waals surface area contributed by atoms with Gasteiger partial charge in [-0.15, -0.1) is 0 Å². The molecule has 3 rings (SSSR count). The van der Waals surface area contributed by atoms with Crippen molar-refractivity contribution in [3.63, 3.8) is 0 Å². The van der Waals surface area contributed by atoms with E-state index in [1.807, 2.05) is 48.6 Å². The van der Waals surface area contributed by atoms with Crippen molar-refractivity contribution in [1.29, 1.82) is 0 Å². The first-order chi connectivity index (χ1) is 15.7. The van der Waals surface area contributed by atoms with Gasteiger partial charge in [0.1, 0.15) is 5.82 Å². The predicted molar refractivity (Wildman–Crippen MR) is 139 cm³/mol. The van der Waals surface area contributed by atoms with Crippen LogP contribution in [-0.2, 0) is 4.79 Å². The molecule has 33 heavy (non-hydrogen) atoms. The molecule has 0 aliphatic carbocycles. The molecule has 0 aliphatic heterocycles. The average molecular weight is 628 g/mol. The van der Waals surface area contributed by atoms with Gasteiger partial charge >= 0.3 is 5.97 Å². The predicted octanol–water partition coefficient (Wildman–Crippen LogP) is 5.02. The number of hydrogen-bond donors (Lipinski definition) is 1. The minimum Gasteiger partial charge on any atom is -0.493 e. The van der Waals surface area contributed by atoms with Gasteiger partial charge in [-0.3, -0.25) is 4.79 Å². The first kappa shape index (κ1) is 25.2. The number of methoxy groups -OCH3 is 1. The van der Waals surface area contributed by atoms with Crippen molar-refractivity contribution in [2.24, 2.45) is 5.10 Å². The zero-order valence-corrected chi connectivity index (χ0v) is 22.2. The minimum atomic E-state index is -1.08. The summed E-state index contributed by atoms with van der Waals surface area (Å²) in [4.78, 5) is 29.1. The molecule has 174 valence electrons. The largest absolute Gasteiger partial charge is 0.493 e. The van der Waals surface area contributed by atoms with E-state index in [-0.39, 0.29) is 11.5 Å². The van der Waals surface area contributed by atoms with Crippen LogP contribution in [0, 0.1) is 3.57 Å². The molecule has 0 unspecified atom stereocenters. The average Bonchev–Trinajstić information content (AvgIpc) is 2.79. The molecule has 0 saturated carbocycles. The minimum absolute atomic E-state index is 0.0193. The molecule has 3 aromatic rings. The quantitative estimate of drug-likeness (QED) is 0.278. The Morgan fingerprint density at radius 2 is 2.06 bits per heavy atom. The summed E-state index contributed by atoms with van der Waals surface area (Å²) in [5.41, 5.74) is 1.02. The molecule has 2 aromatic carbocycles. The van der Waals surface area contributed by atoms with E-state index in [4.69, 9.17) is 19.6 Å². The number of hydrogen-bond acceptors (Lipinski definition) is 6. The lowest BCUT2D eigenvalue weighted by Crippen LogP contribution is -2.24. The summed E-state index contributed by atoms with van der Waals surface area (Å²) in [5.74, 6) is 0.216. The van der Waals surface area contributed by atoms with Gasteiger partial charge in [0.15, 0.2) is 17.6 Å². The number of rotatable bonds is 8. The maximum absolute atomic E-state index is 13.3. The number of ether oxygens (including phenoxy) is 2. The van der Waals surface area contributed by atoms with E-state index in [1.54, 1.807) is 24.4 Å². The van der Waals surface area contributed by atoms with Crippen LogP contribution in [0.25, 0.3) is 10.9 Å². The normalized spacial score (nSPS) is 13.3. The van der Waals surface area contributed by atoms with Crippen molar-refractivity contribution in [3.8, 4) is 11.5 Å². The Morgan fingerprint density at radius 3 is 2.70 bits per heavy atom. The van der Waals surface area contributed by atoms with Crippen molar-refractivity contribution in [2.75, 3.05) is 7.11 Å². The monoisotopic (exact) mass is 627 g/mol. The summed E-state index contributed by atoms with van der Waals surface area (Å²) in [7, 11) is 1.47. The molecule has 0 amide bonds. The third-order valence-electron chi connectivity index (χ3n) is 5.10. The number of carbonyl (C=O) groups is 1. The Kier molecular flexibility index (Phi) is 8.11. The molecule has 1 heterocycles. The molecule has 0 spiro atoms. The molecule has 1 aromatic heterocycles. The second-order valence-corrected chi connectivity index (χ2v) is 9.51. The van der Waals surface area contributed by atoms with E-state index < -0.39 is 12.1 Å². The van der Waals surface area contributed by atoms with E-state index in [2.05, 4.69) is 21.0 Å². The Balaban J connectivity index is 2.10. The second kappa shape index (κ2) is 10.6. The van der Waals surface area contributed by atoms with Gasteiger partial charge in [-0.1, -0.05) is 29.8 Å². The summed E-state index contributed by atoms with van der Waals surface area (Å²) in [6, 6.07) is 8.85. The Hall–Kier alpha value is -2.47. The summed E-state index contributed by atoms with van der Waals surface area (Å²) in [5, 5.41) is 14.1. The number of fused-ring (bicyclic) bond motifs is 1. The van der Waals surface area contributed by atoms with Crippen LogP contribution in [0.4, 0.5) is 0 Å². The van der Waals surface area contributed by atoms with Crippen molar-refractivity contribution in [1.82, 2.24) is 9.66 Å². The Labute approximate surface area is 212 Å². The fourth-order valence-corrected chi connectivity index (χ4v) is 4.17. The Morgan fingerprint density at radius 1 is 1.33 bits per heavy atom. The standard InChI is InChI=1S/C23H23BrIN3O5/c1-5-12(2)21-27-18-7-6-15(24)10-16(18)22(29)28(21)26-11-14-8-17(25)20(19(9-14)32-4)33-13(3)23(30)31/h6-13H,5H2,1-4H3,(H,30,31)/t12-,13+/m0/s1. The van der Waals surface area contributed by atoms with Gasteiger partial charge in [0.2, 0.25) is 0 Å². The first-order valence-electron chi connectivity index (χ1n) is 10.2. The lowest BCUT2D eigenvalue weighted by molar-refractivity contribution is -0.144. The highest BCUT2D eigenvalue weighted by Crippen LogP contribution is 2.34. The zero-order valence-electron chi connectivity index (χ0n) is 18.5. The lowest BCUT2D eigenvalue weighted by atomic mass is 10.1. The van der Waals surface area contributed by atoms with Crippen molar-refractivity contribution >= 4 is 61.6 Å². The van der Waals surface area contributed by atoms with Crippen LogP contribution in [0.15, 0.2) is 44.7 Å². The molecular formula is C23H23BrIN3O5.